The van der Waals surface area contributed by atoms with E-state index in [1.54, 1.807) is 6.07 Å². The molecule has 0 aliphatic heterocycles. The van der Waals surface area contributed by atoms with Gasteiger partial charge in [-0.1, -0.05) is 103 Å². The lowest BCUT2D eigenvalue weighted by Gasteiger charge is -2.12. The maximum Gasteiger partial charge on any atom is 0.141 e. The van der Waals surface area contributed by atoms with Crippen LogP contribution >= 0.6 is 0 Å². The predicted molar refractivity (Wildman–Crippen MR) is 158 cm³/mol. The summed E-state index contributed by atoms with van der Waals surface area (Å²) in [5.41, 5.74) is 13.1. The Balaban J connectivity index is 1.66. The molecule has 0 aliphatic carbocycles. The Morgan fingerprint density at radius 2 is 1.26 bits per heavy atom. The Morgan fingerprint density at radius 3 is 2.00 bits per heavy atom. The van der Waals surface area contributed by atoms with Gasteiger partial charge >= 0.3 is 0 Å². The standard InChI is InChI=1S/C34H24N4/c35-34(36)29-16-9-17-32(37-29)38-30-20-24(22-10-3-1-4-11-22)18-19-27(30)33-26-15-8-7-14-25(26)28(21-31(33)38)23-12-5-2-6-13-23/h1-21H,(H3,35,36). The van der Waals surface area contributed by atoms with Crippen molar-refractivity contribution in [2.24, 2.45) is 5.73 Å². The Bertz CT molecular complexity index is 1990. The lowest BCUT2D eigenvalue weighted by atomic mass is 9.94. The quantitative estimate of drug-likeness (QED) is 0.195. The molecule has 4 nitrogen and oxygen atoms in total. The summed E-state index contributed by atoms with van der Waals surface area (Å²) >= 11 is 0. The van der Waals surface area contributed by atoms with Crippen LogP contribution in [0.4, 0.5) is 0 Å². The molecule has 0 aliphatic rings. The maximum absolute atomic E-state index is 7.99. The van der Waals surface area contributed by atoms with E-state index < -0.39 is 0 Å². The van der Waals surface area contributed by atoms with Gasteiger partial charge in [-0.25, -0.2) is 4.98 Å². The van der Waals surface area contributed by atoms with Crippen LogP contribution in [0.5, 0.6) is 0 Å². The van der Waals surface area contributed by atoms with Crippen molar-refractivity contribution in [2.45, 2.75) is 0 Å². The predicted octanol–water partition coefficient (Wildman–Crippen LogP) is 7.95. The van der Waals surface area contributed by atoms with Gasteiger partial charge in [0.15, 0.2) is 0 Å². The van der Waals surface area contributed by atoms with E-state index in [9.17, 15) is 0 Å². The smallest absolute Gasteiger partial charge is 0.141 e. The first-order valence-corrected chi connectivity index (χ1v) is 12.6. The number of benzene rings is 5. The van der Waals surface area contributed by atoms with Gasteiger partial charge in [0.25, 0.3) is 0 Å². The van der Waals surface area contributed by atoms with E-state index in [2.05, 4.69) is 102 Å². The number of hydrogen-bond donors (Lipinski definition) is 2. The average molecular weight is 489 g/mol. The summed E-state index contributed by atoms with van der Waals surface area (Å²) in [6.45, 7) is 0. The largest absolute Gasteiger partial charge is 0.382 e. The number of pyridine rings is 1. The van der Waals surface area contributed by atoms with Gasteiger partial charge in [-0.3, -0.25) is 9.98 Å². The van der Waals surface area contributed by atoms with Crippen molar-refractivity contribution in [1.82, 2.24) is 9.55 Å². The van der Waals surface area contributed by atoms with Crippen molar-refractivity contribution in [1.29, 1.82) is 5.41 Å². The van der Waals surface area contributed by atoms with Crippen molar-refractivity contribution in [3.05, 3.63) is 133 Å². The second-order valence-electron chi connectivity index (χ2n) is 9.46. The number of fused-ring (bicyclic) bond motifs is 5. The van der Waals surface area contributed by atoms with E-state index in [1.807, 2.05) is 24.3 Å². The molecule has 0 saturated heterocycles. The minimum Gasteiger partial charge on any atom is -0.382 e. The minimum absolute atomic E-state index is 0.0481. The number of nitrogens with zero attached hydrogens (tertiary/aromatic N) is 2. The van der Waals surface area contributed by atoms with Crippen molar-refractivity contribution >= 4 is 38.4 Å². The van der Waals surface area contributed by atoms with Crippen LogP contribution in [0.15, 0.2) is 127 Å². The molecule has 0 amide bonds. The summed E-state index contributed by atoms with van der Waals surface area (Å²) in [5, 5.41) is 12.7. The number of amidine groups is 1. The zero-order valence-electron chi connectivity index (χ0n) is 20.6. The van der Waals surface area contributed by atoms with Crippen LogP contribution in [-0.4, -0.2) is 15.4 Å². The van der Waals surface area contributed by atoms with Crippen molar-refractivity contribution in [3.8, 4) is 28.1 Å². The fourth-order valence-corrected chi connectivity index (χ4v) is 5.49. The van der Waals surface area contributed by atoms with E-state index in [4.69, 9.17) is 16.1 Å². The number of nitrogen functional groups attached to an aromatic ring is 1. The fraction of sp³-hybridized carbons (Fsp3) is 0. The molecule has 3 N–H and O–H groups in total. The topological polar surface area (TPSA) is 67.7 Å². The molecule has 38 heavy (non-hydrogen) atoms. The van der Waals surface area contributed by atoms with Gasteiger partial charge in [-0.05, 0) is 57.3 Å². The van der Waals surface area contributed by atoms with Crippen molar-refractivity contribution < 1.29 is 0 Å². The summed E-state index contributed by atoms with van der Waals surface area (Å²) in [6.07, 6.45) is 0. The van der Waals surface area contributed by atoms with Gasteiger partial charge in [0, 0.05) is 10.8 Å². The van der Waals surface area contributed by atoms with Gasteiger partial charge < -0.3 is 5.73 Å². The van der Waals surface area contributed by atoms with Crippen LogP contribution in [0.3, 0.4) is 0 Å². The van der Waals surface area contributed by atoms with Crippen LogP contribution in [0.2, 0.25) is 0 Å². The van der Waals surface area contributed by atoms with Gasteiger partial charge in [-0.2, -0.15) is 0 Å². The summed E-state index contributed by atoms with van der Waals surface area (Å²) in [4.78, 5) is 4.81. The fourth-order valence-electron chi connectivity index (χ4n) is 5.49. The third-order valence-corrected chi connectivity index (χ3v) is 7.20. The van der Waals surface area contributed by atoms with Crippen LogP contribution < -0.4 is 5.73 Å². The highest BCUT2D eigenvalue weighted by atomic mass is 15.1. The lowest BCUT2D eigenvalue weighted by molar-refractivity contribution is 1.07. The number of hydrogen-bond acceptors (Lipinski definition) is 2. The highest BCUT2D eigenvalue weighted by molar-refractivity contribution is 6.24. The Hall–Kier alpha value is -5.22. The van der Waals surface area contributed by atoms with Crippen LogP contribution in [0.25, 0.3) is 60.6 Å². The molecule has 0 atom stereocenters. The van der Waals surface area contributed by atoms with Gasteiger partial charge in [-0.15, -0.1) is 0 Å². The normalized spacial score (nSPS) is 11.4. The van der Waals surface area contributed by atoms with Crippen molar-refractivity contribution in [3.63, 3.8) is 0 Å². The van der Waals surface area contributed by atoms with Crippen molar-refractivity contribution in [2.75, 3.05) is 0 Å². The second kappa shape index (κ2) is 8.71. The molecule has 0 radical (unpaired) electrons. The monoisotopic (exact) mass is 488 g/mol. The van der Waals surface area contributed by atoms with Gasteiger partial charge in [0.05, 0.1) is 11.0 Å². The molecule has 4 heteroatoms. The van der Waals surface area contributed by atoms with E-state index >= 15 is 0 Å². The van der Waals surface area contributed by atoms with Crippen LogP contribution in [-0.2, 0) is 0 Å². The molecule has 0 bridgehead atoms. The molecule has 2 heterocycles. The third-order valence-electron chi connectivity index (χ3n) is 7.20. The molecular formula is C34H24N4. The number of nitrogens with two attached hydrogens (primary N) is 1. The third kappa shape index (κ3) is 3.46. The van der Waals surface area contributed by atoms with Gasteiger partial charge in [0.1, 0.15) is 17.3 Å². The lowest BCUT2D eigenvalue weighted by Crippen LogP contribution is -2.14. The second-order valence-corrected chi connectivity index (χ2v) is 9.46. The average Bonchev–Trinajstić information content (AvgIpc) is 3.31. The molecule has 7 aromatic rings. The molecule has 0 unspecified atom stereocenters. The Labute approximate surface area is 220 Å². The molecule has 5 aromatic carbocycles. The Kier molecular flexibility index (Phi) is 5.05. The highest BCUT2D eigenvalue weighted by Crippen LogP contribution is 2.42. The molecule has 180 valence electrons. The van der Waals surface area contributed by atoms with Crippen LogP contribution in [0.1, 0.15) is 5.69 Å². The number of rotatable bonds is 4. The maximum atomic E-state index is 7.99. The summed E-state index contributed by atoms with van der Waals surface area (Å²) in [5.74, 6) is 0.685. The molecule has 0 fully saturated rings. The van der Waals surface area contributed by atoms with Crippen LogP contribution in [0, 0.1) is 5.41 Å². The number of aromatic nitrogens is 2. The van der Waals surface area contributed by atoms with E-state index in [0.717, 1.165) is 38.9 Å². The zero-order valence-corrected chi connectivity index (χ0v) is 20.6. The molecule has 0 spiro atoms. The van der Waals surface area contributed by atoms with E-state index in [1.165, 1.54) is 21.7 Å². The summed E-state index contributed by atoms with van der Waals surface area (Å²) in [6, 6.07) is 44.2. The molecule has 7 rings (SSSR count). The first-order chi connectivity index (χ1) is 18.7. The minimum atomic E-state index is -0.0481. The Morgan fingerprint density at radius 1 is 0.579 bits per heavy atom. The first-order valence-electron chi connectivity index (χ1n) is 12.6. The van der Waals surface area contributed by atoms with Gasteiger partial charge in [0.2, 0.25) is 0 Å². The SMILES string of the molecule is N=C(N)c1cccc(-n2c3cc(-c4ccccc4)ccc3c3c4ccccc4c(-c4ccccc4)cc32)n1. The molecular weight excluding hydrogens is 464 g/mol. The molecule has 2 aromatic heterocycles. The summed E-state index contributed by atoms with van der Waals surface area (Å²) in [7, 11) is 0. The highest BCUT2D eigenvalue weighted by Gasteiger charge is 2.19. The zero-order chi connectivity index (χ0) is 25.6. The molecule has 0 saturated carbocycles. The van der Waals surface area contributed by atoms with E-state index in [-0.39, 0.29) is 5.84 Å². The summed E-state index contributed by atoms with van der Waals surface area (Å²) < 4.78 is 2.21. The first kappa shape index (κ1) is 22.0. The van der Waals surface area contributed by atoms with E-state index in [0.29, 0.717) is 5.69 Å². The number of nitrogens with one attached hydrogen (secondary N) is 1.